The number of ether oxygens (including phenoxy) is 2. The summed E-state index contributed by atoms with van der Waals surface area (Å²) in [4.78, 5) is 26.6. The zero-order valence-electron chi connectivity index (χ0n) is 14.5. The number of rotatable bonds is 4. The average molecular weight is 447 g/mol. The minimum absolute atomic E-state index is 0.0289. The molecule has 6 nitrogen and oxygen atoms in total. The number of nitrogens with zero attached hydrogens (tertiary/aromatic N) is 1. The SMILES string of the molecule is COc1ccc(/C=C2\C(=O)NC(=S)N(c3ccc(Br)cc3)C2=O)cc1OC. The van der Waals surface area contributed by atoms with Crippen LogP contribution in [0, 0.1) is 0 Å². The first kappa shape index (κ1) is 19.1. The number of methoxy groups -OCH3 is 2. The van der Waals surface area contributed by atoms with Crippen LogP contribution in [0.4, 0.5) is 5.69 Å². The Labute approximate surface area is 169 Å². The summed E-state index contributed by atoms with van der Waals surface area (Å²) in [5, 5.41) is 2.59. The van der Waals surface area contributed by atoms with Crippen LogP contribution in [0.5, 0.6) is 11.5 Å². The van der Waals surface area contributed by atoms with E-state index in [-0.39, 0.29) is 10.7 Å². The maximum absolute atomic E-state index is 13.0. The van der Waals surface area contributed by atoms with Crippen LogP contribution < -0.4 is 19.7 Å². The lowest BCUT2D eigenvalue weighted by Crippen LogP contribution is -2.54. The zero-order valence-corrected chi connectivity index (χ0v) is 16.9. The van der Waals surface area contributed by atoms with Gasteiger partial charge in [-0.1, -0.05) is 22.0 Å². The van der Waals surface area contributed by atoms with Gasteiger partial charge in [0, 0.05) is 4.47 Å². The van der Waals surface area contributed by atoms with E-state index in [1.807, 2.05) is 0 Å². The zero-order chi connectivity index (χ0) is 19.6. The number of anilines is 1. The van der Waals surface area contributed by atoms with Crippen molar-refractivity contribution in [2.24, 2.45) is 0 Å². The van der Waals surface area contributed by atoms with Crippen molar-refractivity contribution in [3.63, 3.8) is 0 Å². The molecule has 3 rings (SSSR count). The van der Waals surface area contributed by atoms with Gasteiger partial charge in [0.25, 0.3) is 11.8 Å². The third-order valence-corrected chi connectivity index (χ3v) is 4.72. The monoisotopic (exact) mass is 446 g/mol. The number of halogens is 1. The highest BCUT2D eigenvalue weighted by molar-refractivity contribution is 9.10. The Kier molecular flexibility index (Phi) is 5.57. The number of nitrogens with one attached hydrogen (secondary N) is 1. The van der Waals surface area contributed by atoms with E-state index in [9.17, 15) is 9.59 Å². The highest BCUT2D eigenvalue weighted by Crippen LogP contribution is 2.29. The summed E-state index contributed by atoms with van der Waals surface area (Å²) in [6, 6.07) is 12.2. The number of amides is 2. The molecule has 0 bridgehead atoms. The Bertz CT molecular complexity index is 957. The van der Waals surface area contributed by atoms with Gasteiger partial charge in [0.1, 0.15) is 5.57 Å². The minimum atomic E-state index is -0.548. The second-order valence-electron chi connectivity index (χ2n) is 5.55. The largest absolute Gasteiger partial charge is 0.493 e. The number of carbonyl (C=O) groups is 2. The Morgan fingerprint density at radius 2 is 1.70 bits per heavy atom. The van der Waals surface area contributed by atoms with Gasteiger partial charge < -0.3 is 9.47 Å². The van der Waals surface area contributed by atoms with Crippen molar-refractivity contribution < 1.29 is 19.1 Å². The molecular formula is C19H15BrN2O4S. The third kappa shape index (κ3) is 3.86. The molecule has 2 aromatic carbocycles. The van der Waals surface area contributed by atoms with Crippen LogP contribution in [-0.4, -0.2) is 31.1 Å². The first-order valence-electron chi connectivity index (χ1n) is 7.83. The molecule has 0 spiro atoms. The highest BCUT2D eigenvalue weighted by Gasteiger charge is 2.34. The number of hydrogen-bond acceptors (Lipinski definition) is 5. The molecule has 1 saturated heterocycles. The first-order chi connectivity index (χ1) is 12.9. The van der Waals surface area contributed by atoms with Gasteiger partial charge in [-0.25, -0.2) is 0 Å². The summed E-state index contributed by atoms with van der Waals surface area (Å²) in [5.41, 5.74) is 1.15. The van der Waals surface area contributed by atoms with Gasteiger partial charge in [0.05, 0.1) is 19.9 Å². The third-order valence-electron chi connectivity index (χ3n) is 3.91. The van der Waals surface area contributed by atoms with Gasteiger partial charge in [-0.15, -0.1) is 0 Å². The number of carbonyl (C=O) groups excluding carboxylic acids is 2. The lowest BCUT2D eigenvalue weighted by molar-refractivity contribution is -0.122. The van der Waals surface area contributed by atoms with Crippen LogP contribution in [0.25, 0.3) is 6.08 Å². The fraction of sp³-hybridized carbons (Fsp3) is 0.105. The van der Waals surface area contributed by atoms with Crippen molar-refractivity contribution in [2.75, 3.05) is 19.1 Å². The fourth-order valence-corrected chi connectivity index (χ4v) is 3.14. The van der Waals surface area contributed by atoms with Crippen molar-refractivity contribution in [3.05, 3.63) is 58.1 Å². The van der Waals surface area contributed by atoms with Gasteiger partial charge in [-0.3, -0.25) is 19.8 Å². The molecular weight excluding hydrogens is 432 g/mol. The van der Waals surface area contributed by atoms with Crippen LogP contribution in [-0.2, 0) is 9.59 Å². The van der Waals surface area contributed by atoms with Gasteiger partial charge >= 0.3 is 0 Å². The smallest absolute Gasteiger partial charge is 0.270 e. The summed E-state index contributed by atoms with van der Waals surface area (Å²) < 4.78 is 11.3. The van der Waals surface area contributed by atoms with Crippen molar-refractivity contribution >= 4 is 56.8 Å². The molecule has 0 saturated carbocycles. The Morgan fingerprint density at radius 1 is 1.04 bits per heavy atom. The quantitative estimate of drug-likeness (QED) is 0.443. The molecule has 0 aliphatic carbocycles. The van der Waals surface area contributed by atoms with E-state index in [0.717, 1.165) is 4.47 Å². The molecule has 2 amide bonds. The molecule has 0 atom stereocenters. The van der Waals surface area contributed by atoms with E-state index in [1.165, 1.54) is 25.2 Å². The lowest BCUT2D eigenvalue weighted by Gasteiger charge is -2.29. The van der Waals surface area contributed by atoms with E-state index in [2.05, 4.69) is 21.2 Å². The van der Waals surface area contributed by atoms with Crippen LogP contribution >= 0.6 is 28.1 Å². The number of hydrogen-bond donors (Lipinski definition) is 1. The Balaban J connectivity index is 2.00. The summed E-state index contributed by atoms with van der Waals surface area (Å²) in [6.07, 6.45) is 1.49. The fourth-order valence-electron chi connectivity index (χ4n) is 2.59. The van der Waals surface area contributed by atoms with Crippen molar-refractivity contribution in [1.29, 1.82) is 0 Å². The van der Waals surface area contributed by atoms with E-state index >= 15 is 0 Å². The lowest BCUT2D eigenvalue weighted by atomic mass is 10.1. The van der Waals surface area contributed by atoms with Crippen LogP contribution in [0.15, 0.2) is 52.5 Å². The molecule has 1 aliphatic heterocycles. The van der Waals surface area contributed by atoms with Crippen LogP contribution in [0.3, 0.4) is 0 Å². The Morgan fingerprint density at radius 3 is 2.33 bits per heavy atom. The second kappa shape index (κ2) is 7.89. The molecule has 138 valence electrons. The molecule has 1 fully saturated rings. The van der Waals surface area contributed by atoms with Gasteiger partial charge in [0.2, 0.25) is 0 Å². The first-order valence-corrected chi connectivity index (χ1v) is 9.03. The molecule has 0 radical (unpaired) electrons. The predicted molar refractivity (Wildman–Crippen MR) is 110 cm³/mol. The molecule has 1 aliphatic rings. The molecule has 0 unspecified atom stereocenters. The molecule has 8 heteroatoms. The summed E-state index contributed by atoms with van der Waals surface area (Å²) >= 11 is 8.53. The number of thiocarbonyl (C=S) groups is 1. The normalized spacial score (nSPS) is 15.7. The van der Waals surface area contributed by atoms with E-state index < -0.39 is 11.8 Å². The van der Waals surface area contributed by atoms with Crippen LogP contribution in [0.2, 0.25) is 0 Å². The molecule has 2 aromatic rings. The maximum Gasteiger partial charge on any atom is 0.270 e. The van der Waals surface area contributed by atoms with Crippen LogP contribution in [0.1, 0.15) is 5.56 Å². The minimum Gasteiger partial charge on any atom is -0.493 e. The second-order valence-corrected chi connectivity index (χ2v) is 6.85. The Hall–Kier alpha value is -2.71. The summed E-state index contributed by atoms with van der Waals surface area (Å²) in [7, 11) is 3.05. The number of benzene rings is 2. The van der Waals surface area contributed by atoms with E-state index in [1.54, 1.807) is 42.5 Å². The van der Waals surface area contributed by atoms with E-state index in [4.69, 9.17) is 21.7 Å². The maximum atomic E-state index is 13.0. The molecule has 1 heterocycles. The molecule has 27 heavy (non-hydrogen) atoms. The van der Waals surface area contributed by atoms with Crippen molar-refractivity contribution in [2.45, 2.75) is 0 Å². The summed E-state index contributed by atoms with van der Waals surface area (Å²) in [6.45, 7) is 0. The topological polar surface area (TPSA) is 67.9 Å². The van der Waals surface area contributed by atoms with Gasteiger partial charge in [-0.05, 0) is 60.3 Å². The van der Waals surface area contributed by atoms with Gasteiger partial charge in [-0.2, -0.15) is 0 Å². The highest BCUT2D eigenvalue weighted by atomic mass is 79.9. The van der Waals surface area contributed by atoms with Gasteiger partial charge in [0.15, 0.2) is 16.6 Å². The molecule has 1 N–H and O–H groups in total. The average Bonchev–Trinajstić information content (AvgIpc) is 2.66. The molecule has 0 aromatic heterocycles. The standard InChI is InChI=1S/C19H15BrN2O4S/c1-25-15-8-3-11(10-16(15)26-2)9-14-17(23)21-19(27)22(18(14)24)13-6-4-12(20)5-7-13/h3-10H,1-2H3,(H,21,23,27)/b14-9+. The van der Waals surface area contributed by atoms with Crippen molar-refractivity contribution in [3.8, 4) is 11.5 Å². The van der Waals surface area contributed by atoms with Crippen molar-refractivity contribution in [1.82, 2.24) is 5.32 Å². The predicted octanol–water partition coefficient (Wildman–Crippen LogP) is 3.30. The van der Waals surface area contributed by atoms with E-state index in [0.29, 0.717) is 22.7 Å². The summed E-state index contributed by atoms with van der Waals surface area (Å²) in [5.74, 6) is 0.00143.